The smallest absolute Gasteiger partial charge is 0.416 e. The first-order chi connectivity index (χ1) is 14.0. The molecule has 0 spiro atoms. The molecule has 0 saturated heterocycles. The molecule has 3 aromatic heterocycles. The van der Waals surface area contributed by atoms with Gasteiger partial charge in [-0.3, -0.25) is 4.21 Å². The highest BCUT2D eigenvalue weighted by Gasteiger charge is 2.31. The SMILES string of the molecule is CC.CS(=O)c1cc(OC(C)(C)C#N)cnc1-c1cn2ccc(C(F)(F)F)cc2n1. The van der Waals surface area contributed by atoms with Crippen LogP contribution in [0.15, 0.2) is 41.7 Å². The zero-order chi connectivity index (χ0) is 22.7. The summed E-state index contributed by atoms with van der Waals surface area (Å²) in [4.78, 5) is 8.72. The number of rotatable bonds is 4. The average molecular weight is 438 g/mol. The lowest BCUT2D eigenvalue weighted by Gasteiger charge is -2.18. The molecule has 3 rings (SSSR count). The molecular formula is C20H21F3N4O2S. The molecule has 0 saturated carbocycles. The standard InChI is InChI=1S/C18H15F3N4O2S.C2H6/c1-17(2,10-22)27-12-7-14(28(3)26)16(23-8-12)13-9-25-5-4-11(18(19,20)21)6-15(25)24-13;1-2/h4-9H,1-3H3;1-2H3. The van der Waals surface area contributed by atoms with Crippen LogP contribution >= 0.6 is 0 Å². The predicted octanol–water partition coefficient (Wildman–Crippen LogP) is 4.86. The van der Waals surface area contributed by atoms with Crippen LogP contribution in [0.1, 0.15) is 33.3 Å². The highest BCUT2D eigenvalue weighted by molar-refractivity contribution is 7.84. The maximum absolute atomic E-state index is 12.9. The van der Waals surface area contributed by atoms with Gasteiger partial charge < -0.3 is 9.14 Å². The van der Waals surface area contributed by atoms with Crippen molar-refractivity contribution in [3.05, 3.63) is 42.4 Å². The van der Waals surface area contributed by atoms with E-state index in [1.54, 1.807) is 13.8 Å². The van der Waals surface area contributed by atoms with Crippen molar-refractivity contribution in [1.82, 2.24) is 14.4 Å². The van der Waals surface area contributed by atoms with Crippen molar-refractivity contribution in [2.75, 3.05) is 6.26 Å². The van der Waals surface area contributed by atoms with Crippen LogP contribution in [-0.2, 0) is 17.0 Å². The van der Waals surface area contributed by atoms with Crippen LogP contribution in [-0.4, -0.2) is 30.4 Å². The number of hydrogen-bond acceptors (Lipinski definition) is 5. The van der Waals surface area contributed by atoms with Crippen LogP contribution in [0, 0.1) is 11.3 Å². The third kappa shape index (κ3) is 5.16. The van der Waals surface area contributed by atoms with Gasteiger partial charge in [-0.25, -0.2) is 9.97 Å². The van der Waals surface area contributed by atoms with Crippen molar-refractivity contribution in [2.24, 2.45) is 0 Å². The second-order valence-electron chi connectivity index (χ2n) is 6.50. The molecule has 6 nitrogen and oxygen atoms in total. The molecule has 3 heterocycles. The molecular weight excluding hydrogens is 417 g/mol. The van der Waals surface area contributed by atoms with Crippen LogP contribution in [0.4, 0.5) is 13.2 Å². The molecule has 0 aliphatic rings. The maximum Gasteiger partial charge on any atom is 0.416 e. The van der Waals surface area contributed by atoms with Crippen molar-refractivity contribution < 1.29 is 22.1 Å². The average Bonchev–Trinajstić information content (AvgIpc) is 3.11. The fourth-order valence-corrected chi connectivity index (χ4v) is 3.20. The number of hydrogen-bond donors (Lipinski definition) is 0. The molecule has 0 bridgehead atoms. The molecule has 1 unspecified atom stereocenters. The summed E-state index contributed by atoms with van der Waals surface area (Å²) in [6, 6.07) is 5.35. The molecule has 3 aromatic rings. The normalized spacial score (nSPS) is 12.6. The zero-order valence-corrected chi connectivity index (χ0v) is 17.9. The fourth-order valence-electron chi connectivity index (χ4n) is 2.48. The Morgan fingerprint density at radius 1 is 1.23 bits per heavy atom. The molecule has 0 radical (unpaired) electrons. The van der Waals surface area contributed by atoms with Gasteiger partial charge in [0.15, 0.2) is 5.60 Å². The van der Waals surface area contributed by atoms with E-state index in [9.17, 15) is 17.4 Å². The summed E-state index contributed by atoms with van der Waals surface area (Å²) in [5, 5.41) is 9.08. The summed E-state index contributed by atoms with van der Waals surface area (Å²) in [6.07, 6.45) is 1.08. The summed E-state index contributed by atoms with van der Waals surface area (Å²) in [6.45, 7) is 7.15. The van der Waals surface area contributed by atoms with E-state index in [0.29, 0.717) is 4.90 Å². The van der Waals surface area contributed by atoms with Gasteiger partial charge in [-0.05, 0) is 26.0 Å². The Morgan fingerprint density at radius 3 is 2.47 bits per heavy atom. The lowest BCUT2D eigenvalue weighted by atomic mass is 10.2. The van der Waals surface area contributed by atoms with E-state index < -0.39 is 28.1 Å². The Hall–Kier alpha value is -2.93. The van der Waals surface area contributed by atoms with E-state index in [2.05, 4.69) is 9.97 Å². The summed E-state index contributed by atoms with van der Waals surface area (Å²) in [7, 11) is -1.48. The molecule has 0 aliphatic heterocycles. The van der Waals surface area contributed by atoms with Crippen LogP contribution in [0.2, 0.25) is 0 Å². The Morgan fingerprint density at radius 2 is 1.90 bits per heavy atom. The van der Waals surface area contributed by atoms with Gasteiger partial charge in [-0.2, -0.15) is 18.4 Å². The number of pyridine rings is 2. The van der Waals surface area contributed by atoms with Crippen molar-refractivity contribution in [1.29, 1.82) is 5.26 Å². The largest absolute Gasteiger partial charge is 0.471 e. The Labute approximate surface area is 174 Å². The Balaban J connectivity index is 0.00000155. The van der Waals surface area contributed by atoms with E-state index in [4.69, 9.17) is 10.00 Å². The van der Waals surface area contributed by atoms with E-state index in [0.717, 1.165) is 12.1 Å². The number of nitriles is 1. The Bertz CT molecular complexity index is 1120. The summed E-state index contributed by atoms with van der Waals surface area (Å²) >= 11 is 0. The third-order valence-corrected chi connectivity index (χ3v) is 4.74. The van der Waals surface area contributed by atoms with E-state index in [1.165, 1.54) is 35.3 Å². The molecule has 1 atom stereocenters. The lowest BCUT2D eigenvalue weighted by molar-refractivity contribution is -0.137. The number of fused-ring (bicyclic) bond motifs is 1. The minimum Gasteiger partial charge on any atom is -0.471 e. The summed E-state index contributed by atoms with van der Waals surface area (Å²) < 4.78 is 57.9. The Kier molecular flexibility index (Phi) is 6.87. The van der Waals surface area contributed by atoms with Crippen molar-refractivity contribution in [3.63, 3.8) is 0 Å². The van der Waals surface area contributed by atoms with Crippen LogP contribution in [0.5, 0.6) is 5.75 Å². The van der Waals surface area contributed by atoms with Gasteiger partial charge in [0.05, 0.1) is 27.5 Å². The summed E-state index contributed by atoms with van der Waals surface area (Å²) in [5.41, 5.74) is -1.29. The predicted molar refractivity (Wildman–Crippen MR) is 107 cm³/mol. The van der Waals surface area contributed by atoms with Gasteiger partial charge in [0.2, 0.25) is 0 Å². The van der Waals surface area contributed by atoms with Crippen molar-refractivity contribution in [2.45, 2.75) is 44.4 Å². The van der Waals surface area contributed by atoms with Crippen LogP contribution in [0.3, 0.4) is 0 Å². The van der Waals surface area contributed by atoms with Gasteiger partial charge in [0.1, 0.15) is 28.9 Å². The summed E-state index contributed by atoms with van der Waals surface area (Å²) in [5.74, 6) is 0.253. The molecule has 0 aliphatic carbocycles. The minimum absolute atomic E-state index is 0.0883. The van der Waals surface area contributed by atoms with Gasteiger partial charge >= 0.3 is 6.18 Å². The molecule has 160 valence electrons. The number of imidazole rings is 1. The van der Waals surface area contributed by atoms with Crippen LogP contribution < -0.4 is 4.74 Å². The van der Waals surface area contributed by atoms with Gasteiger partial charge in [0, 0.05) is 24.7 Å². The molecule has 10 heteroatoms. The number of alkyl halides is 3. The number of nitrogens with zero attached hydrogens (tertiary/aromatic N) is 4. The fraction of sp³-hybridized carbons (Fsp3) is 0.350. The monoisotopic (exact) mass is 438 g/mol. The third-order valence-electron chi connectivity index (χ3n) is 3.81. The van der Waals surface area contributed by atoms with Gasteiger partial charge in [-0.15, -0.1) is 0 Å². The topological polar surface area (TPSA) is 80.3 Å². The molecule has 30 heavy (non-hydrogen) atoms. The first kappa shape index (κ1) is 23.3. The maximum atomic E-state index is 12.9. The second kappa shape index (κ2) is 8.83. The molecule has 0 fully saturated rings. The first-order valence-electron chi connectivity index (χ1n) is 9.00. The highest BCUT2D eigenvalue weighted by atomic mass is 32.2. The highest BCUT2D eigenvalue weighted by Crippen LogP contribution is 2.32. The zero-order valence-electron chi connectivity index (χ0n) is 17.1. The van der Waals surface area contributed by atoms with Gasteiger partial charge in [0.25, 0.3) is 0 Å². The minimum atomic E-state index is -4.48. The van der Waals surface area contributed by atoms with E-state index >= 15 is 0 Å². The molecule has 0 N–H and O–H groups in total. The first-order valence-corrected chi connectivity index (χ1v) is 10.6. The second-order valence-corrected chi connectivity index (χ2v) is 7.85. The molecule has 0 amide bonds. The van der Waals surface area contributed by atoms with Crippen molar-refractivity contribution >= 4 is 16.4 Å². The van der Waals surface area contributed by atoms with E-state index in [-0.39, 0.29) is 22.8 Å². The van der Waals surface area contributed by atoms with Gasteiger partial charge in [-0.1, -0.05) is 13.8 Å². The number of aromatic nitrogens is 3. The van der Waals surface area contributed by atoms with Crippen molar-refractivity contribution in [3.8, 4) is 23.2 Å². The molecule has 0 aromatic carbocycles. The van der Waals surface area contributed by atoms with E-state index in [1.807, 2.05) is 19.9 Å². The number of halogens is 3. The quantitative estimate of drug-likeness (QED) is 0.581. The lowest BCUT2D eigenvalue weighted by Crippen LogP contribution is -2.25. The number of ether oxygens (including phenoxy) is 1. The van der Waals surface area contributed by atoms with Crippen LogP contribution in [0.25, 0.3) is 17.0 Å².